The number of nitrogens with one attached hydrogen (secondary N) is 1. The van der Waals surface area contributed by atoms with Gasteiger partial charge in [-0.05, 0) is 55.7 Å². The Kier molecular flexibility index (Phi) is 5.28. The number of carbonyl (C=O) groups excluding carboxylic acids is 1. The first kappa shape index (κ1) is 16.0. The number of carbonyl (C=O) groups is 1. The van der Waals surface area contributed by atoms with Crippen molar-refractivity contribution >= 4 is 23.1 Å². The van der Waals surface area contributed by atoms with Crippen molar-refractivity contribution in [2.45, 2.75) is 38.1 Å². The van der Waals surface area contributed by atoms with Gasteiger partial charge in [0.15, 0.2) is 0 Å². The molecule has 1 amide bonds. The molecule has 1 aliphatic heterocycles. The predicted octanol–water partition coefficient (Wildman–Crippen LogP) is 3.81. The molecule has 1 aliphatic rings. The number of amides is 1. The standard InChI is InChI=1S/C18H23N3OS/c1-19-17-13-14(9-10-20-17)18(22)21-11-3-2-5-15(21)7-8-16-6-4-12-23-16/h4,6,9-10,12-13,15H,2-3,5,7-8,11H2,1H3,(H,19,20)/t15-/m0/s1. The lowest BCUT2D eigenvalue weighted by Gasteiger charge is -2.36. The third kappa shape index (κ3) is 3.91. The van der Waals surface area contributed by atoms with Crippen molar-refractivity contribution < 1.29 is 4.79 Å². The molecular weight excluding hydrogens is 306 g/mol. The molecule has 3 heterocycles. The van der Waals surface area contributed by atoms with Gasteiger partial charge < -0.3 is 10.2 Å². The minimum absolute atomic E-state index is 0.139. The van der Waals surface area contributed by atoms with E-state index in [4.69, 9.17) is 0 Å². The summed E-state index contributed by atoms with van der Waals surface area (Å²) in [5.41, 5.74) is 0.729. The van der Waals surface area contributed by atoms with Gasteiger partial charge in [0.1, 0.15) is 5.82 Å². The summed E-state index contributed by atoms with van der Waals surface area (Å²) in [5, 5.41) is 5.12. The number of hydrogen-bond donors (Lipinski definition) is 1. The number of anilines is 1. The van der Waals surface area contributed by atoms with Crippen LogP contribution in [0.2, 0.25) is 0 Å². The maximum atomic E-state index is 12.9. The Bertz CT molecular complexity index is 641. The molecule has 4 nitrogen and oxygen atoms in total. The van der Waals surface area contributed by atoms with E-state index in [9.17, 15) is 4.79 Å². The average molecular weight is 329 g/mol. The summed E-state index contributed by atoms with van der Waals surface area (Å²) in [4.78, 5) is 20.6. The number of pyridine rings is 1. The molecule has 3 rings (SSSR count). The molecule has 0 bridgehead atoms. The summed E-state index contributed by atoms with van der Waals surface area (Å²) in [6.45, 7) is 0.866. The second-order valence-corrected chi connectivity index (χ2v) is 6.98. The second-order valence-electron chi connectivity index (χ2n) is 5.95. The summed E-state index contributed by atoms with van der Waals surface area (Å²) in [6.07, 6.45) is 7.24. The SMILES string of the molecule is CNc1cc(C(=O)N2CCCC[C@H]2CCc2cccs2)ccn1. The Balaban J connectivity index is 1.70. The molecule has 0 radical (unpaired) electrons. The summed E-state index contributed by atoms with van der Waals surface area (Å²) < 4.78 is 0. The molecule has 23 heavy (non-hydrogen) atoms. The number of aryl methyl sites for hydroxylation is 1. The van der Waals surface area contributed by atoms with Crippen LogP contribution in [0.3, 0.4) is 0 Å². The van der Waals surface area contributed by atoms with Gasteiger partial charge in [-0.25, -0.2) is 4.98 Å². The van der Waals surface area contributed by atoms with Crippen molar-refractivity contribution in [2.75, 3.05) is 18.9 Å². The van der Waals surface area contributed by atoms with Crippen LogP contribution >= 0.6 is 11.3 Å². The zero-order valence-electron chi connectivity index (χ0n) is 13.5. The first-order valence-corrected chi connectivity index (χ1v) is 9.13. The first-order chi connectivity index (χ1) is 11.3. The van der Waals surface area contributed by atoms with E-state index in [0.717, 1.165) is 43.6 Å². The molecule has 1 N–H and O–H groups in total. The lowest BCUT2D eigenvalue weighted by molar-refractivity contribution is 0.0602. The highest BCUT2D eigenvalue weighted by Crippen LogP contribution is 2.24. The largest absolute Gasteiger partial charge is 0.373 e. The Labute approximate surface area is 141 Å². The number of hydrogen-bond acceptors (Lipinski definition) is 4. The van der Waals surface area contributed by atoms with E-state index in [1.165, 1.54) is 11.3 Å². The van der Waals surface area contributed by atoms with E-state index in [1.54, 1.807) is 17.5 Å². The zero-order valence-corrected chi connectivity index (χ0v) is 14.3. The van der Waals surface area contributed by atoms with Gasteiger partial charge in [-0.2, -0.15) is 0 Å². The first-order valence-electron chi connectivity index (χ1n) is 8.25. The fraction of sp³-hybridized carbons (Fsp3) is 0.444. The van der Waals surface area contributed by atoms with E-state index in [-0.39, 0.29) is 5.91 Å². The highest BCUT2D eigenvalue weighted by Gasteiger charge is 2.27. The van der Waals surface area contributed by atoms with Crippen LogP contribution in [0.1, 0.15) is 40.9 Å². The van der Waals surface area contributed by atoms with E-state index in [1.807, 2.05) is 19.2 Å². The normalized spacial score (nSPS) is 18.0. The number of thiophene rings is 1. The van der Waals surface area contributed by atoms with Gasteiger partial charge in [0.05, 0.1) is 0 Å². The summed E-state index contributed by atoms with van der Waals surface area (Å²) >= 11 is 1.80. The fourth-order valence-electron chi connectivity index (χ4n) is 3.20. The van der Waals surface area contributed by atoms with E-state index in [0.29, 0.717) is 6.04 Å². The number of aromatic nitrogens is 1. The van der Waals surface area contributed by atoms with Crippen LogP contribution in [0.25, 0.3) is 0 Å². The van der Waals surface area contributed by atoms with Crippen molar-refractivity contribution in [3.63, 3.8) is 0 Å². The highest BCUT2D eigenvalue weighted by atomic mass is 32.1. The second kappa shape index (κ2) is 7.59. The molecular formula is C18H23N3OS. The number of piperidine rings is 1. The Morgan fingerprint density at radius 2 is 2.35 bits per heavy atom. The third-order valence-electron chi connectivity index (χ3n) is 4.46. The van der Waals surface area contributed by atoms with Gasteiger partial charge in [0.25, 0.3) is 5.91 Å². The molecule has 2 aromatic rings. The molecule has 122 valence electrons. The number of nitrogens with zero attached hydrogens (tertiary/aromatic N) is 2. The van der Waals surface area contributed by atoms with Crippen LogP contribution in [-0.4, -0.2) is 35.4 Å². The minimum Gasteiger partial charge on any atom is -0.373 e. The molecule has 0 unspecified atom stereocenters. The Morgan fingerprint density at radius 3 is 3.13 bits per heavy atom. The minimum atomic E-state index is 0.139. The Morgan fingerprint density at radius 1 is 1.43 bits per heavy atom. The van der Waals surface area contributed by atoms with Crippen LogP contribution < -0.4 is 5.32 Å². The summed E-state index contributed by atoms with van der Waals surface area (Å²) in [5.74, 6) is 0.878. The zero-order chi connectivity index (χ0) is 16.1. The molecule has 1 fully saturated rings. The Hall–Kier alpha value is -1.88. The maximum Gasteiger partial charge on any atom is 0.254 e. The quantitative estimate of drug-likeness (QED) is 0.907. The molecule has 0 aromatic carbocycles. The van der Waals surface area contributed by atoms with Gasteiger partial charge >= 0.3 is 0 Å². The van der Waals surface area contributed by atoms with Crippen molar-refractivity contribution in [3.05, 3.63) is 46.3 Å². The van der Waals surface area contributed by atoms with Gasteiger partial charge in [-0.3, -0.25) is 4.79 Å². The highest BCUT2D eigenvalue weighted by molar-refractivity contribution is 7.09. The molecule has 0 saturated carbocycles. The fourth-order valence-corrected chi connectivity index (χ4v) is 3.92. The molecule has 1 saturated heterocycles. The number of rotatable bonds is 5. The average Bonchev–Trinajstić information content (AvgIpc) is 3.13. The summed E-state index contributed by atoms with van der Waals surface area (Å²) in [6, 6.07) is 8.29. The molecule has 1 atom stereocenters. The predicted molar refractivity (Wildman–Crippen MR) is 95.1 cm³/mol. The van der Waals surface area contributed by atoms with Crippen molar-refractivity contribution in [1.29, 1.82) is 0 Å². The van der Waals surface area contributed by atoms with Crippen LogP contribution in [-0.2, 0) is 6.42 Å². The van der Waals surface area contributed by atoms with Crippen molar-refractivity contribution in [2.24, 2.45) is 0 Å². The lowest BCUT2D eigenvalue weighted by atomic mass is 9.96. The van der Waals surface area contributed by atoms with Crippen molar-refractivity contribution in [3.8, 4) is 0 Å². The monoisotopic (exact) mass is 329 g/mol. The smallest absolute Gasteiger partial charge is 0.254 e. The van der Waals surface area contributed by atoms with Gasteiger partial charge in [0.2, 0.25) is 0 Å². The van der Waals surface area contributed by atoms with Crippen LogP contribution in [0.15, 0.2) is 35.8 Å². The van der Waals surface area contributed by atoms with E-state index in [2.05, 4.69) is 32.7 Å². The third-order valence-corrected chi connectivity index (χ3v) is 5.39. The topological polar surface area (TPSA) is 45.2 Å². The molecule has 2 aromatic heterocycles. The molecule has 0 aliphatic carbocycles. The van der Waals surface area contributed by atoms with Crippen molar-refractivity contribution in [1.82, 2.24) is 9.88 Å². The van der Waals surface area contributed by atoms with Crippen LogP contribution in [0.5, 0.6) is 0 Å². The lowest BCUT2D eigenvalue weighted by Crippen LogP contribution is -2.44. The van der Waals surface area contributed by atoms with Crippen LogP contribution in [0, 0.1) is 0 Å². The van der Waals surface area contributed by atoms with Crippen LogP contribution in [0.4, 0.5) is 5.82 Å². The molecule has 0 spiro atoms. The van der Waals surface area contributed by atoms with E-state index >= 15 is 0 Å². The number of likely N-dealkylation sites (tertiary alicyclic amines) is 1. The van der Waals surface area contributed by atoms with Gasteiger partial charge in [-0.15, -0.1) is 11.3 Å². The molecule has 5 heteroatoms. The summed E-state index contributed by atoms with van der Waals surface area (Å²) in [7, 11) is 1.82. The maximum absolute atomic E-state index is 12.9. The van der Waals surface area contributed by atoms with E-state index < -0.39 is 0 Å². The van der Waals surface area contributed by atoms with Gasteiger partial charge in [0, 0.05) is 36.3 Å². The van der Waals surface area contributed by atoms with Gasteiger partial charge in [-0.1, -0.05) is 6.07 Å².